The summed E-state index contributed by atoms with van der Waals surface area (Å²) in [5.74, 6) is 0.916. The van der Waals surface area contributed by atoms with Crippen LogP contribution in [-0.2, 0) is 6.42 Å². The average molecular weight is 340 g/mol. The van der Waals surface area contributed by atoms with Crippen molar-refractivity contribution in [3.8, 4) is 5.75 Å². The van der Waals surface area contributed by atoms with E-state index in [2.05, 4.69) is 25.2 Å². The van der Waals surface area contributed by atoms with Crippen LogP contribution in [0.3, 0.4) is 0 Å². The van der Waals surface area contributed by atoms with Crippen molar-refractivity contribution in [2.24, 2.45) is 5.73 Å². The molecule has 0 spiro atoms. The summed E-state index contributed by atoms with van der Waals surface area (Å²) in [6, 6.07) is 18.0. The minimum absolute atomic E-state index is 0.151. The third-order valence-corrected chi connectivity index (χ3v) is 4.76. The summed E-state index contributed by atoms with van der Waals surface area (Å²) < 4.78 is 6.06. The highest BCUT2D eigenvalue weighted by atomic mass is 16.5. The molecule has 4 nitrogen and oxygen atoms in total. The molecule has 25 heavy (non-hydrogen) atoms. The number of nitrogens with one attached hydrogen (secondary N) is 1. The highest BCUT2D eigenvalue weighted by Crippen LogP contribution is 2.39. The molecule has 3 rings (SSSR count). The van der Waals surface area contributed by atoms with Crippen molar-refractivity contribution in [1.29, 1.82) is 0 Å². The van der Waals surface area contributed by atoms with E-state index >= 15 is 0 Å². The van der Waals surface area contributed by atoms with Crippen LogP contribution < -0.4 is 15.8 Å². The van der Waals surface area contributed by atoms with Gasteiger partial charge in [0.25, 0.3) is 0 Å². The standard InChI is InChI=1S/C21H28N2O2/c1-21(2)13-18(16-10-6-7-11-20(16)25-21)23-14-19(24)17(22)12-15-8-4-3-5-9-15/h3-11,17-19,23-24H,12-14,22H2,1-2H3/t17-,18-,19+/m0/s1. The van der Waals surface area contributed by atoms with Crippen molar-refractivity contribution in [3.63, 3.8) is 0 Å². The Balaban J connectivity index is 1.61. The fourth-order valence-corrected chi connectivity index (χ4v) is 3.42. The molecule has 0 unspecified atom stereocenters. The topological polar surface area (TPSA) is 67.5 Å². The van der Waals surface area contributed by atoms with Crippen molar-refractivity contribution in [1.82, 2.24) is 5.32 Å². The predicted octanol–water partition coefficient (Wildman–Crippen LogP) is 2.81. The smallest absolute Gasteiger partial charge is 0.124 e. The molecular formula is C21H28N2O2. The number of benzene rings is 2. The highest BCUT2D eigenvalue weighted by Gasteiger charge is 2.33. The molecule has 1 heterocycles. The number of aliphatic hydroxyl groups excluding tert-OH is 1. The lowest BCUT2D eigenvalue weighted by molar-refractivity contribution is 0.0604. The van der Waals surface area contributed by atoms with Gasteiger partial charge in [0.15, 0.2) is 0 Å². The van der Waals surface area contributed by atoms with E-state index in [9.17, 15) is 5.11 Å². The summed E-state index contributed by atoms with van der Waals surface area (Å²) >= 11 is 0. The zero-order valence-corrected chi connectivity index (χ0v) is 15.0. The van der Waals surface area contributed by atoms with Gasteiger partial charge in [0.2, 0.25) is 0 Å². The van der Waals surface area contributed by atoms with E-state index in [0.29, 0.717) is 13.0 Å². The molecule has 0 aliphatic carbocycles. The Morgan fingerprint density at radius 1 is 1.16 bits per heavy atom. The summed E-state index contributed by atoms with van der Waals surface area (Å²) in [7, 11) is 0. The van der Waals surface area contributed by atoms with Gasteiger partial charge in [-0.25, -0.2) is 0 Å². The molecule has 0 radical (unpaired) electrons. The van der Waals surface area contributed by atoms with Crippen molar-refractivity contribution in [3.05, 3.63) is 65.7 Å². The first-order chi connectivity index (χ1) is 11.9. The van der Waals surface area contributed by atoms with Gasteiger partial charge < -0.3 is 20.9 Å². The quantitative estimate of drug-likeness (QED) is 0.756. The third-order valence-electron chi connectivity index (χ3n) is 4.76. The van der Waals surface area contributed by atoms with Crippen LogP contribution in [0.5, 0.6) is 5.75 Å². The van der Waals surface area contributed by atoms with E-state index in [1.807, 2.05) is 48.5 Å². The van der Waals surface area contributed by atoms with Gasteiger partial charge in [0, 0.05) is 30.6 Å². The SMILES string of the molecule is CC1(C)C[C@H](NC[C@@H](O)[C@@H](N)Cc2ccccc2)c2ccccc2O1. The van der Waals surface area contributed by atoms with Crippen molar-refractivity contribution >= 4 is 0 Å². The molecular weight excluding hydrogens is 312 g/mol. The Kier molecular flexibility index (Phi) is 5.42. The van der Waals surface area contributed by atoms with E-state index in [-0.39, 0.29) is 17.7 Å². The summed E-state index contributed by atoms with van der Waals surface area (Å²) in [6.07, 6.45) is 0.919. The Hall–Kier alpha value is -1.88. The molecule has 3 atom stereocenters. The zero-order valence-electron chi connectivity index (χ0n) is 15.0. The molecule has 1 aliphatic heterocycles. The number of aliphatic hydroxyl groups is 1. The second kappa shape index (κ2) is 7.56. The minimum atomic E-state index is -0.599. The third kappa shape index (κ3) is 4.60. The molecule has 1 aliphatic rings. The van der Waals surface area contributed by atoms with Crippen LogP contribution in [0.25, 0.3) is 0 Å². The number of hydrogen-bond acceptors (Lipinski definition) is 4. The van der Waals surface area contributed by atoms with Crippen molar-refractivity contribution in [2.45, 2.75) is 50.5 Å². The number of hydrogen-bond donors (Lipinski definition) is 3. The lowest BCUT2D eigenvalue weighted by atomic mass is 9.89. The first-order valence-corrected chi connectivity index (χ1v) is 8.93. The Bertz CT molecular complexity index is 687. The molecule has 134 valence electrons. The van der Waals surface area contributed by atoms with Crippen molar-refractivity contribution < 1.29 is 9.84 Å². The predicted molar refractivity (Wildman–Crippen MR) is 101 cm³/mol. The number of nitrogens with two attached hydrogens (primary N) is 1. The maximum atomic E-state index is 10.5. The van der Waals surface area contributed by atoms with Crippen LogP contribution in [0.4, 0.5) is 0 Å². The van der Waals surface area contributed by atoms with Gasteiger partial charge in [-0.15, -0.1) is 0 Å². The molecule has 2 aromatic carbocycles. The van der Waals surface area contributed by atoms with Crippen LogP contribution >= 0.6 is 0 Å². The summed E-state index contributed by atoms with van der Waals surface area (Å²) in [5, 5.41) is 14.0. The van der Waals surface area contributed by atoms with E-state index in [0.717, 1.165) is 23.3 Å². The van der Waals surface area contributed by atoms with Crippen molar-refractivity contribution in [2.75, 3.05) is 6.54 Å². The summed E-state index contributed by atoms with van der Waals surface area (Å²) in [5.41, 5.74) is 8.25. The molecule has 0 aromatic heterocycles. The largest absolute Gasteiger partial charge is 0.487 e. The van der Waals surface area contributed by atoms with Crippen LogP contribution in [0.1, 0.15) is 37.4 Å². The Labute approximate surface area is 150 Å². The van der Waals surface area contributed by atoms with Gasteiger partial charge in [0.05, 0.1) is 6.10 Å². The first kappa shape index (κ1) is 17.9. The summed E-state index contributed by atoms with van der Waals surface area (Å²) in [6.45, 7) is 4.65. The first-order valence-electron chi connectivity index (χ1n) is 8.93. The van der Waals surface area contributed by atoms with Gasteiger partial charge in [-0.1, -0.05) is 48.5 Å². The molecule has 4 N–H and O–H groups in total. The van der Waals surface area contributed by atoms with Crippen LogP contribution in [0.15, 0.2) is 54.6 Å². The maximum absolute atomic E-state index is 10.5. The molecule has 2 aromatic rings. The molecule has 0 saturated carbocycles. The van der Waals surface area contributed by atoms with E-state index in [1.165, 1.54) is 0 Å². The van der Waals surface area contributed by atoms with Gasteiger partial charge >= 0.3 is 0 Å². The number of ether oxygens (including phenoxy) is 1. The summed E-state index contributed by atoms with van der Waals surface area (Å²) in [4.78, 5) is 0. The molecule has 0 amide bonds. The molecule has 0 fully saturated rings. The zero-order chi connectivity index (χ0) is 17.9. The monoisotopic (exact) mass is 340 g/mol. The number of fused-ring (bicyclic) bond motifs is 1. The fraction of sp³-hybridized carbons (Fsp3) is 0.429. The molecule has 0 saturated heterocycles. The minimum Gasteiger partial charge on any atom is -0.487 e. The van der Waals surface area contributed by atoms with E-state index in [4.69, 9.17) is 10.5 Å². The normalized spacial score (nSPS) is 21.0. The van der Waals surface area contributed by atoms with Crippen LogP contribution in [0, 0.1) is 0 Å². The number of para-hydroxylation sites is 1. The average Bonchev–Trinajstić information content (AvgIpc) is 2.59. The van der Waals surface area contributed by atoms with Gasteiger partial charge in [-0.2, -0.15) is 0 Å². The Morgan fingerprint density at radius 3 is 2.60 bits per heavy atom. The van der Waals surface area contributed by atoms with E-state index in [1.54, 1.807) is 0 Å². The second-order valence-corrected chi connectivity index (χ2v) is 7.49. The second-order valence-electron chi connectivity index (χ2n) is 7.49. The highest BCUT2D eigenvalue weighted by molar-refractivity contribution is 5.38. The Morgan fingerprint density at radius 2 is 1.84 bits per heavy atom. The fourth-order valence-electron chi connectivity index (χ4n) is 3.42. The molecule has 0 bridgehead atoms. The van der Waals surface area contributed by atoms with Gasteiger partial charge in [0.1, 0.15) is 11.4 Å². The van der Waals surface area contributed by atoms with Crippen LogP contribution in [0.2, 0.25) is 0 Å². The number of rotatable bonds is 6. The maximum Gasteiger partial charge on any atom is 0.124 e. The van der Waals surface area contributed by atoms with E-state index < -0.39 is 6.10 Å². The lowest BCUT2D eigenvalue weighted by Crippen LogP contribution is -2.46. The lowest BCUT2D eigenvalue weighted by Gasteiger charge is -2.38. The van der Waals surface area contributed by atoms with Gasteiger partial charge in [-0.3, -0.25) is 0 Å². The van der Waals surface area contributed by atoms with Crippen LogP contribution in [-0.4, -0.2) is 29.4 Å². The molecule has 4 heteroatoms. The van der Waals surface area contributed by atoms with Gasteiger partial charge in [-0.05, 0) is 31.9 Å².